The molecule has 0 radical (unpaired) electrons. The van der Waals surface area contributed by atoms with Crippen LogP contribution >= 0.6 is 0 Å². The molecule has 11 heteroatoms. The van der Waals surface area contributed by atoms with Gasteiger partial charge in [0.1, 0.15) is 23.9 Å². The Bertz CT molecular complexity index is 1810. The number of furan rings is 1. The van der Waals surface area contributed by atoms with Crippen molar-refractivity contribution >= 4 is 28.4 Å². The average Bonchev–Trinajstić information content (AvgIpc) is 3.45. The molecular weight excluding hydrogens is 510 g/mol. The topological polar surface area (TPSA) is 115 Å². The molecule has 0 aliphatic rings. The Labute approximate surface area is 218 Å². The largest absolute Gasteiger partial charge is 0.467 e. The van der Waals surface area contributed by atoms with Crippen LogP contribution in [-0.2, 0) is 17.9 Å². The molecule has 2 aromatic heterocycles. The van der Waals surface area contributed by atoms with Crippen molar-refractivity contribution in [2.75, 3.05) is 5.32 Å². The number of carbonyl (C=O) groups excluding carboxylic acids is 2. The van der Waals surface area contributed by atoms with E-state index in [4.69, 9.17) is 4.42 Å². The Morgan fingerprint density at radius 1 is 0.897 bits per heavy atom. The SMILES string of the molecule is O=C(Cn1c(=O)n(-c2ccccc2)c(=O)c2ccc(C(=O)NCc3ccco3)cc21)Nc1ccc(F)cc1F. The number of para-hydroxylation sites is 1. The van der Waals surface area contributed by atoms with Gasteiger partial charge in [-0.15, -0.1) is 0 Å². The van der Waals surface area contributed by atoms with E-state index in [-0.39, 0.29) is 34.4 Å². The van der Waals surface area contributed by atoms with Gasteiger partial charge >= 0.3 is 5.69 Å². The van der Waals surface area contributed by atoms with Gasteiger partial charge in [-0.3, -0.25) is 19.0 Å². The first-order valence-electron chi connectivity index (χ1n) is 11.7. The van der Waals surface area contributed by atoms with Crippen LogP contribution in [0.3, 0.4) is 0 Å². The summed E-state index contributed by atoms with van der Waals surface area (Å²) < 4.78 is 34.5. The summed E-state index contributed by atoms with van der Waals surface area (Å²) in [7, 11) is 0. The molecule has 2 N–H and O–H groups in total. The Morgan fingerprint density at radius 2 is 1.69 bits per heavy atom. The highest BCUT2D eigenvalue weighted by Gasteiger charge is 2.19. The number of aromatic nitrogens is 2. The summed E-state index contributed by atoms with van der Waals surface area (Å²) in [6.45, 7) is -0.519. The fourth-order valence-electron chi connectivity index (χ4n) is 4.07. The molecule has 9 nitrogen and oxygen atoms in total. The first kappa shape index (κ1) is 25.3. The van der Waals surface area contributed by atoms with Gasteiger partial charge in [-0.05, 0) is 54.6 Å². The summed E-state index contributed by atoms with van der Waals surface area (Å²) in [6.07, 6.45) is 1.47. The smallest absolute Gasteiger partial charge is 0.336 e. The van der Waals surface area contributed by atoms with Gasteiger partial charge in [-0.2, -0.15) is 0 Å². The van der Waals surface area contributed by atoms with E-state index in [9.17, 15) is 28.0 Å². The highest BCUT2D eigenvalue weighted by atomic mass is 19.1. The normalized spacial score (nSPS) is 10.9. The van der Waals surface area contributed by atoms with Crippen LogP contribution in [0.2, 0.25) is 0 Å². The molecule has 5 rings (SSSR count). The number of halogens is 2. The van der Waals surface area contributed by atoms with Gasteiger partial charge in [-0.1, -0.05) is 18.2 Å². The molecule has 0 saturated carbocycles. The number of amides is 2. The zero-order chi connectivity index (χ0) is 27.5. The first-order chi connectivity index (χ1) is 18.8. The zero-order valence-electron chi connectivity index (χ0n) is 20.2. The summed E-state index contributed by atoms with van der Waals surface area (Å²) in [4.78, 5) is 52.6. The number of rotatable bonds is 7. The molecular formula is C28H20F2N4O5. The highest BCUT2D eigenvalue weighted by Crippen LogP contribution is 2.17. The van der Waals surface area contributed by atoms with Gasteiger partial charge in [0.2, 0.25) is 5.91 Å². The van der Waals surface area contributed by atoms with E-state index < -0.39 is 41.2 Å². The maximum atomic E-state index is 14.1. The molecule has 0 saturated heterocycles. The van der Waals surface area contributed by atoms with E-state index in [1.165, 1.54) is 24.5 Å². The van der Waals surface area contributed by atoms with E-state index in [1.807, 2.05) is 0 Å². The molecule has 0 spiro atoms. The van der Waals surface area contributed by atoms with Gasteiger partial charge in [0.15, 0.2) is 0 Å². The Morgan fingerprint density at radius 3 is 2.41 bits per heavy atom. The zero-order valence-corrected chi connectivity index (χ0v) is 20.2. The number of nitrogens with one attached hydrogen (secondary N) is 2. The van der Waals surface area contributed by atoms with E-state index >= 15 is 0 Å². The van der Waals surface area contributed by atoms with E-state index in [2.05, 4.69) is 10.6 Å². The van der Waals surface area contributed by atoms with Gasteiger partial charge < -0.3 is 15.1 Å². The third-order valence-electron chi connectivity index (χ3n) is 5.93. The Balaban J connectivity index is 1.58. The van der Waals surface area contributed by atoms with Crippen LogP contribution in [0.5, 0.6) is 0 Å². The third kappa shape index (κ3) is 5.23. The lowest BCUT2D eigenvalue weighted by atomic mass is 10.1. The number of carbonyl (C=O) groups is 2. The third-order valence-corrected chi connectivity index (χ3v) is 5.93. The lowest BCUT2D eigenvalue weighted by Gasteiger charge is -2.15. The summed E-state index contributed by atoms with van der Waals surface area (Å²) in [6, 6.07) is 18.3. The number of anilines is 1. The lowest BCUT2D eigenvalue weighted by molar-refractivity contribution is -0.116. The molecule has 0 aliphatic heterocycles. The maximum Gasteiger partial charge on any atom is 0.336 e. The summed E-state index contributed by atoms with van der Waals surface area (Å²) in [5, 5.41) is 5.06. The minimum atomic E-state index is -0.995. The molecule has 2 amide bonds. The van der Waals surface area contributed by atoms with Crippen molar-refractivity contribution in [1.82, 2.24) is 14.5 Å². The summed E-state index contributed by atoms with van der Waals surface area (Å²) in [5.41, 5.74) is -1.35. The van der Waals surface area contributed by atoms with E-state index in [0.717, 1.165) is 21.3 Å². The van der Waals surface area contributed by atoms with Crippen molar-refractivity contribution in [2.45, 2.75) is 13.1 Å². The minimum absolute atomic E-state index is 0.0255. The number of hydrogen-bond donors (Lipinski definition) is 2. The van der Waals surface area contributed by atoms with Crippen LogP contribution in [0.15, 0.2) is 99.1 Å². The molecule has 3 aromatic carbocycles. The number of hydrogen-bond acceptors (Lipinski definition) is 5. The van der Waals surface area contributed by atoms with Crippen LogP contribution in [0, 0.1) is 11.6 Å². The fraction of sp³-hybridized carbons (Fsp3) is 0.0714. The fourth-order valence-corrected chi connectivity index (χ4v) is 4.07. The molecule has 0 fully saturated rings. The second kappa shape index (κ2) is 10.6. The van der Waals surface area contributed by atoms with Crippen LogP contribution in [0.25, 0.3) is 16.6 Å². The number of benzene rings is 3. The van der Waals surface area contributed by atoms with Crippen molar-refractivity contribution in [2.24, 2.45) is 0 Å². The van der Waals surface area contributed by atoms with Crippen molar-refractivity contribution < 1.29 is 22.8 Å². The van der Waals surface area contributed by atoms with Crippen LogP contribution in [0.1, 0.15) is 16.1 Å². The molecule has 0 aliphatic carbocycles. The van der Waals surface area contributed by atoms with Crippen molar-refractivity contribution in [3.63, 3.8) is 0 Å². The predicted octanol–water partition coefficient (Wildman–Crippen LogP) is 3.59. The van der Waals surface area contributed by atoms with Crippen molar-refractivity contribution in [3.8, 4) is 5.69 Å². The molecule has 196 valence electrons. The monoisotopic (exact) mass is 530 g/mol. The standard InChI is InChI=1S/C28H20F2N4O5/c29-18-9-11-23(22(30)14-18)32-25(35)16-33-24-13-17(26(36)31-15-20-7-4-12-39-20)8-10-21(24)27(37)34(28(33)38)19-5-2-1-3-6-19/h1-14H,15-16H2,(H,31,36)(H,32,35). The van der Waals surface area contributed by atoms with Crippen LogP contribution in [0.4, 0.5) is 14.5 Å². The summed E-state index contributed by atoms with van der Waals surface area (Å²) in [5.74, 6) is -2.60. The Kier molecular flexibility index (Phi) is 6.87. The first-order valence-corrected chi connectivity index (χ1v) is 11.7. The average molecular weight is 530 g/mol. The lowest BCUT2D eigenvalue weighted by Crippen LogP contribution is -2.41. The minimum Gasteiger partial charge on any atom is -0.467 e. The van der Waals surface area contributed by atoms with Crippen molar-refractivity contribution in [1.29, 1.82) is 0 Å². The highest BCUT2D eigenvalue weighted by molar-refractivity contribution is 5.98. The van der Waals surface area contributed by atoms with Crippen LogP contribution < -0.4 is 21.9 Å². The van der Waals surface area contributed by atoms with Crippen LogP contribution in [-0.4, -0.2) is 20.9 Å². The summed E-state index contributed by atoms with van der Waals surface area (Å²) >= 11 is 0. The van der Waals surface area contributed by atoms with Gasteiger partial charge in [0.05, 0.1) is 35.1 Å². The molecule has 2 heterocycles. The van der Waals surface area contributed by atoms with Gasteiger partial charge in [-0.25, -0.2) is 18.1 Å². The quantitative estimate of drug-likeness (QED) is 0.334. The van der Waals surface area contributed by atoms with Crippen molar-refractivity contribution in [3.05, 3.63) is 129 Å². The number of nitrogens with zero attached hydrogens (tertiary/aromatic N) is 2. The van der Waals surface area contributed by atoms with Gasteiger partial charge in [0, 0.05) is 11.6 Å². The van der Waals surface area contributed by atoms with E-state index in [1.54, 1.807) is 42.5 Å². The molecule has 0 unspecified atom stereocenters. The van der Waals surface area contributed by atoms with E-state index in [0.29, 0.717) is 11.8 Å². The molecule has 39 heavy (non-hydrogen) atoms. The second-order valence-electron chi connectivity index (χ2n) is 8.51. The molecule has 5 aromatic rings. The maximum absolute atomic E-state index is 14.1. The molecule has 0 atom stereocenters. The Hall–Kier alpha value is -5.32. The van der Waals surface area contributed by atoms with Gasteiger partial charge in [0.25, 0.3) is 11.5 Å². The second-order valence-corrected chi connectivity index (χ2v) is 8.51. The predicted molar refractivity (Wildman–Crippen MR) is 139 cm³/mol. The molecule has 0 bridgehead atoms. The number of fused-ring (bicyclic) bond motifs is 1.